The van der Waals surface area contributed by atoms with E-state index in [1.807, 2.05) is 13.0 Å². The second kappa shape index (κ2) is 8.80. The number of benzene rings is 2. The highest BCUT2D eigenvalue weighted by Crippen LogP contribution is 2.25. The van der Waals surface area contributed by atoms with E-state index in [-0.39, 0.29) is 11.4 Å². The summed E-state index contributed by atoms with van der Waals surface area (Å²) in [4.78, 5) is 35.7. The molecule has 0 bridgehead atoms. The molecule has 140 valence electrons. The van der Waals surface area contributed by atoms with Gasteiger partial charge in [-0.1, -0.05) is 6.07 Å². The molecule has 2 amide bonds. The van der Waals surface area contributed by atoms with Gasteiger partial charge in [-0.3, -0.25) is 14.4 Å². The van der Waals surface area contributed by atoms with Crippen LogP contribution in [0.15, 0.2) is 54.1 Å². The Morgan fingerprint density at radius 1 is 0.963 bits per heavy atom. The number of carbonyl (C=O) groups excluding carboxylic acids is 3. The van der Waals surface area contributed by atoms with Gasteiger partial charge in [0.2, 0.25) is 5.91 Å². The molecule has 0 aliphatic rings. The van der Waals surface area contributed by atoms with Crippen molar-refractivity contribution in [2.45, 2.75) is 20.8 Å². The van der Waals surface area contributed by atoms with E-state index in [2.05, 4.69) is 10.6 Å². The maximum absolute atomic E-state index is 12.3. The second-order valence-corrected chi connectivity index (χ2v) is 6.11. The summed E-state index contributed by atoms with van der Waals surface area (Å²) in [5.74, 6) is -0.348. The monoisotopic (exact) mass is 366 g/mol. The predicted molar refractivity (Wildman–Crippen MR) is 105 cm³/mol. The quantitative estimate of drug-likeness (QED) is 0.603. The van der Waals surface area contributed by atoms with E-state index in [0.29, 0.717) is 22.7 Å². The zero-order valence-corrected chi connectivity index (χ0v) is 15.8. The van der Waals surface area contributed by atoms with Crippen LogP contribution < -0.4 is 15.4 Å². The number of hydrogen-bond acceptors (Lipinski definition) is 4. The molecule has 27 heavy (non-hydrogen) atoms. The number of Topliss-reactive ketones (excluding diaryl/α,β-unsaturated/α-hetero) is 1. The van der Waals surface area contributed by atoms with Crippen LogP contribution in [0.2, 0.25) is 0 Å². The van der Waals surface area contributed by atoms with Crippen LogP contribution in [0.4, 0.5) is 11.4 Å². The SMILES string of the molecule is COc1ccc(C)cc1NC(=O)/C(C)=C\C(=O)Nc1ccc(C(C)=O)cc1. The third-order valence-corrected chi connectivity index (χ3v) is 3.87. The zero-order valence-electron chi connectivity index (χ0n) is 15.8. The Labute approximate surface area is 158 Å². The first-order valence-electron chi connectivity index (χ1n) is 8.36. The Morgan fingerprint density at radius 3 is 2.22 bits per heavy atom. The zero-order chi connectivity index (χ0) is 20.0. The highest BCUT2D eigenvalue weighted by Gasteiger charge is 2.11. The fraction of sp³-hybridized carbons (Fsp3) is 0.190. The summed E-state index contributed by atoms with van der Waals surface area (Å²) < 4.78 is 5.23. The van der Waals surface area contributed by atoms with E-state index < -0.39 is 11.8 Å². The highest BCUT2D eigenvalue weighted by molar-refractivity contribution is 6.10. The van der Waals surface area contributed by atoms with Crippen LogP contribution in [0.5, 0.6) is 5.75 Å². The van der Waals surface area contributed by atoms with E-state index in [4.69, 9.17) is 4.74 Å². The summed E-state index contributed by atoms with van der Waals surface area (Å²) in [5.41, 5.74) is 2.85. The van der Waals surface area contributed by atoms with Gasteiger partial charge in [0.1, 0.15) is 5.75 Å². The van der Waals surface area contributed by atoms with Gasteiger partial charge in [0.15, 0.2) is 5.78 Å². The van der Waals surface area contributed by atoms with Crippen LogP contribution in [0, 0.1) is 6.92 Å². The van der Waals surface area contributed by atoms with Crippen LogP contribution >= 0.6 is 0 Å². The fourth-order valence-corrected chi connectivity index (χ4v) is 2.37. The molecule has 2 aromatic carbocycles. The molecule has 6 heteroatoms. The number of ether oxygens (including phenoxy) is 1. The van der Waals surface area contributed by atoms with Crippen molar-refractivity contribution in [3.63, 3.8) is 0 Å². The van der Waals surface area contributed by atoms with Crippen molar-refractivity contribution < 1.29 is 19.1 Å². The number of rotatable bonds is 6. The van der Waals surface area contributed by atoms with Gasteiger partial charge in [0, 0.05) is 22.9 Å². The molecule has 2 N–H and O–H groups in total. The largest absolute Gasteiger partial charge is 0.495 e. The van der Waals surface area contributed by atoms with Crippen molar-refractivity contribution in [2.24, 2.45) is 0 Å². The number of nitrogens with one attached hydrogen (secondary N) is 2. The molecule has 2 rings (SSSR count). The third-order valence-electron chi connectivity index (χ3n) is 3.87. The summed E-state index contributed by atoms with van der Waals surface area (Å²) in [5, 5.41) is 5.40. The van der Waals surface area contributed by atoms with Gasteiger partial charge in [-0.05, 0) is 62.7 Å². The number of amides is 2. The first-order valence-corrected chi connectivity index (χ1v) is 8.36. The Hall–Kier alpha value is -3.41. The summed E-state index contributed by atoms with van der Waals surface area (Å²) in [6, 6.07) is 12.0. The minimum absolute atomic E-state index is 0.0492. The summed E-state index contributed by atoms with van der Waals surface area (Å²) in [6.45, 7) is 4.93. The lowest BCUT2D eigenvalue weighted by atomic mass is 10.1. The van der Waals surface area contributed by atoms with Crippen LogP contribution in [0.3, 0.4) is 0 Å². The first-order chi connectivity index (χ1) is 12.8. The van der Waals surface area contributed by atoms with E-state index in [1.165, 1.54) is 20.1 Å². The van der Waals surface area contributed by atoms with E-state index in [1.54, 1.807) is 43.3 Å². The van der Waals surface area contributed by atoms with Crippen LogP contribution in [-0.2, 0) is 9.59 Å². The lowest BCUT2D eigenvalue weighted by molar-refractivity contribution is -0.114. The number of ketones is 1. The average molecular weight is 366 g/mol. The molecule has 0 heterocycles. The molecule has 0 aliphatic carbocycles. The molecule has 0 saturated heterocycles. The Kier molecular flexibility index (Phi) is 6.49. The molecule has 0 spiro atoms. The third kappa shape index (κ3) is 5.54. The molecule has 0 fully saturated rings. The first kappa shape index (κ1) is 19.9. The minimum Gasteiger partial charge on any atom is -0.495 e. The van der Waals surface area contributed by atoms with Crippen LogP contribution in [-0.4, -0.2) is 24.7 Å². The number of methoxy groups -OCH3 is 1. The highest BCUT2D eigenvalue weighted by atomic mass is 16.5. The van der Waals surface area contributed by atoms with E-state index in [0.717, 1.165) is 5.56 Å². The van der Waals surface area contributed by atoms with E-state index in [9.17, 15) is 14.4 Å². The van der Waals surface area contributed by atoms with Gasteiger partial charge < -0.3 is 15.4 Å². The molecule has 6 nitrogen and oxygen atoms in total. The lowest BCUT2D eigenvalue weighted by Gasteiger charge is -2.11. The van der Waals surface area contributed by atoms with Gasteiger partial charge in [-0.2, -0.15) is 0 Å². The normalized spacial score (nSPS) is 10.9. The standard InChI is InChI=1S/C21H22N2O4/c1-13-5-10-19(27-4)18(11-13)23-21(26)14(2)12-20(25)22-17-8-6-16(7-9-17)15(3)24/h5-12H,1-4H3,(H,22,25)(H,23,26)/b14-12-. The Bertz CT molecular complexity index is 899. The van der Waals surface area contributed by atoms with Crippen molar-refractivity contribution in [1.82, 2.24) is 0 Å². The molecule has 0 unspecified atom stereocenters. The van der Waals surface area contributed by atoms with Gasteiger partial charge in [0.05, 0.1) is 12.8 Å². The Balaban J connectivity index is 2.05. The van der Waals surface area contributed by atoms with E-state index >= 15 is 0 Å². The van der Waals surface area contributed by atoms with Crippen molar-refractivity contribution in [3.05, 3.63) is 65.2 Å². The van der Waals surface area contributed by atoms with Gasteiger partial charge >= 0.3 is 0 Å². The van der Waals surface area contributed by atoms with Crippen LogP contribution in [0.1, 0.15) is 29.8 Å². The number of anilines is 2. The topological polar surface area (TPSA) is 84.5 Å². The van der Waals surface area contributed by atoms with Gasteiger partial charge in [-0.25, -0.2) is 0 Å². The lowest BCUT2D eigenvalue weighted by Crippen LogP contribution is -2.16. The molecule has 0 atom stereocenters. The maximum Gasteiger partial charge on any atom is 0.251 e. The summed E-state index contributed by atoms with van der Waals surface area (Å²) in [7, 11) is 1.52. The molecule has 0 saturated carbocycles. The molecule has 0 radical (unpaired) electrons. The second-order valence-electron chi connectivity index (χ2n) is 6.11. The molecular weight excluding hydrogens is 344 g/mol. The molecule has 2 aromatic rings. The maximum atomic E-state index is 12.3. The number of carbonyl (C=O) groups is 3. The van der Waals surface area contributed by atoms with Crippen LogP contribution in [0.25, 0.3) is 0 Å². The molecule has 0 aliphatic heterocycles. The smallest absolute Gasteiger partial charge is 0.251 e. The van der Waals surface area contributed by atoms with Gasteiger partial charge in [-0.15, -0.1) is 0 Å². The minimum atomic E-state index is -0.436. The van der Waals surface area contributed by atoms with Crippen molar-refractivity contribution in [3.8, 4) is 5.75 Å². The Morgan fingerprint density at radius 2 is 1.63 bits per heavy atom. The summed E-state index contributed by atoms with van der Waals surface area (Å²) in [6.07, 6.45) is 1.22. The predicted octanol–water partition coefficient (Wildman–Crippen LogP) is 3.73. The van der Waals surface area contributed by atoms with Crippen molar-refractivity contribution >= 4 is 29.0 Å². The molecule has 0 aromatic heterocycles. The number of hydrogen-bond donors (Lipinski definition) is 2. The summed E-state index contributed by atoms with van der Waals surface area (Å²) >= 11 is 0. The van der Waals surface area contributed by atoms with Crippen molar-refractivity contribution in [2.75, 3.05) is 17.7 Å². The average Bonchev–Trinajstić information content (AvgIpc) is 2.62. The fourth-order valence-electron chi connectivity index (χ4n) is 2.37. The number of aryl methyl sites for hydroxylation is 1. The van der Waals surface area contributed by atoms with Gasteiger partial charge in [0.25, 0.3) is 5.91 Å². The molecular formula is C21H22N2O4. The van der Waals surface area contributed by atoms with Crippen molar-refractivity contribution in [1.29, 1.82) is 0 Å².